The lowest BCUT2D eigenvalue weighted by Gasteiger charge is -2.25. The summed E-state index contributed by atoms with van der Waals surface area (Å²) in [6.07, 6.45) is 3.86. The first kappa shape index (κ1) is 12.0. The van der Waals surface area contributed by atoms with Crippen LogP contribution in [0.3, 0.4) is 0 Å². The van der Waals surface area contributed by atoms with Crippen LogP contribution in [-0.2, 0) is 0 Å². The molecule has 1 aliphatic rings. The molecule has 2 rings (SSSR count). The van der Waals surface area contributed by atoms with E-state index in [9.17, 15) is 0 Å². The second-order valence-electron chi connectivity index (χ2n) is 4.75. The number of benzene rings is 1. The van der Waals surface area contributed by atoms with Crippen LogP contribution in [0.5, 0.6) is 0 Å². The van der Waals surface area contributed by atoms with Gasteiger partial charge in [0.1, 0.15) is 0 Å². The quantitative estimate of drug-likeness (QED) is 0.867. The molecule has 16 heavy (non-hydrogen) atoms. The highest BCUT2D eigenvalue weighted by atomic mass is 32.2. The fourth-order valence-corrected chi connectivity index (χ4v) is 3.68. The summed E-state index contributed by atoms with van der Waals surface area (Å²) in [5, 5.41) is 0. The summed E-state index contributed by atoms with van der Waals surface area (Å²) in [5.41, 5.74) is 8.99. The summed E-state index contributed by atoms with van der Waals surface area (Å²) in [4.78, 5) is 0. The van der Waals surface area contributed by atoms with Gasteiger partial charge in [-0.05, 0) is 54.7 Å². The van der Waals surface area contributed by atoms with E-state index in [1.807, 2.05) is 0 Å². The average molecular weight is 235 g/mol. The minimum Gasteiger partial charge on any atom is -0.324 e. The van der Waals surface area contributed by atoms with Gasteiger partial charge in [-0.25, -0.2) is 0 Å². The highest BCUT2D eigenvalue weighted by Crippen LogP contribution is 2.30. The van der Waals surface area contributed by atoms with Gasteiger partial charge in [-0.2, -0.15) is 11.8 Å². The van der Waals surface area contributed by atoms with Crippen molar-refractivity contribution in [3.8, 4) is 0 Å². The smallest absolute Gasteiger partial charge is 0.0300 e. The molecule has 0 bridgehead atoms. The molecule has 1 atom stereocenters. The minimum atomic E-state index is 0.231. The zero-order valence-electron chi connectivity index (χ0n) is 9.99. The normalized spacial score (nSPS) is 19.6. The number of thioether (sulfide) groups is 1. The summed E-state index contributed by atoms with van der Waals surface area (Å²) in [6, 6.07) is 8.75. The van der Waals surface area contributed by atoms with Crippen molar-refractivity contribution in [3.05, 3.63) is 35.4 Å². The lowest BCUT2D eigenvalue weighted by atomic mass is 9.90. The van der Waals surface area contributed by atoms with Gasteiger partial charge in [-0.15, -0.1) is 0 Å². The Bertz CT molecular complexity index is 331. The van der Waals surface area contributed by atoms with Crippen LogP contribution in [0.15, 0.2) is 24.3 Å². The van der Waals surface area contributed by atoms with Crippen molar-refractivity contribution in [3.63, 3.8) is 0 Å². The van der Waals surface area contributed by atoms with Gasteiger partial charge in [-0.1, -0.05) is 24.3 Å². The van der Waals surface area contributed by atoms with E-state index in [0.717, 1.165) is 12.3 Å². The van der Waals surface area contributed by atoms with Crippen LogP contribution >= 0.6 is 11.8 Å². The van der Waals surface area contributed by atoms with Crippen LogP contribution in [-0.4, -0.2) is 11.5 Å². The average Bonchev–Trinajstić information content (AvgIpc) is 2.31. The lowest BCUT2D eigenvalue weighted by molar-refractivity contribution is 0.412. The van der Waals surface area contributed by atoms with Crippen LogP contribution in [0.2, 0.25) is 0 Å². The molecule has 88 valence electrons. The molecule has 1 aromatic rings. The molecule has 0 spiro atoms. The third-order valence-corrected chi connectivity index (χ3v) is 4.56. The molecule has 2 N–H and O–H groups in total. The van der Waals surface area contributed by atoms with Crippen molar-refractivity contribution in [1.82, 2.24) is 0 Å². The number of nitrogens with two attached hydrogens (primary N) is 1. The number of hydrogen-bond acceptors (Lipinski definition) is 2. The summed E-state index contributed by atoms with van der Waals surface area (Å²) in [7, 11) is 0. The lowest BCUT2D eigenvalue weighted by Crippen LogP contribution is -2.19. The summed E-state index contributed by atoms with van der Waals surface area (Å²) < 4.78 is 0. The largest absolute Gasteiger partial charge is 0.324 e. The molecule has 1 saturated heterocycles. The van der Waals surface area contributed by atoms with Crippen LogP contribution in [0.4, 0.5) is 0 Å². The molecule has 0 amide bonds. The topological polar surface area (TPSA) is 26.0 Å². The van der Waals surface area contributed by atoms with E-state index in [2.05, 4.69) is 43.0 Å². The maximum absolute atomic E-state index is 6.32. The van der Waals surface area contributed by atoms with Gasteiger partial charge in [0, 0.05) is 6.04 Å². The van der Waals surface area contributed by atoms with Gasteiger partial charge in [-0.3, -0.25) is 0 Å². The van der Waals surface area contributed by atoms with E-state index in [1.54, 1.807) is 0 Å². The maximum Gasteiger partial charge on any atom is 0.0300 e. The molecule has 2 heteroatoms. The Balaban J connectivity index is 1.96. The zero-order chi connectivity index (χ0) is 11.4. The Morgan fingerprint density at radius 2 is 2.00 bits per heavy atom. The fourth-order valence-electron chi connectivity index (χ4n) is 2.47. The molecule has 1 aliphatic heterocycles. The summed E-state index contributed by atoms with van der Waals surface area (Å²) in [5.74, 6) is 3.49. The van der Waals surface area contributed by atoms with E-state index in [0.29, 0.717) is 0 Å². The molecule has 1 unspecified atom stereocenters. The molecular weight excluding hydrogens is 214 g/mol. The number of hydrogen-bond donors (Lipinski definition) is 1. The molecule has 1 heterocycles. The van der Waals surface area contributed by atoms with Crippen molar-refractivity contribution >= 4 is 11.8 Å². The second kappa shape index (κ2) is 5.74. The molecule has 0 aromatic heterocycles. The molecule has 1 nitrogen and oxygen atoms in total. The van der Waals surface area contributed by atoms with Crippen molar-refractivity contribution in [1.29, 1.82) is 0 Å². The molecule has 0 saturated carbocycles. The van der Waals surface area contributed by atoms with E-state index in [1.165, 1.54) is 35.5 Å². The van der Waals surface area contributed by atoms with Crippen LogP contribution in [0.25, 0.3) is 0 Å². The van der Waals surface area contributed by atoms with Crippen molar-refractivity contribution in [2.24, 2.45) is 11.7 Å². The van der Waals surface area contributed by atoms with Crippen LogP contribution in [0, 0.1) is 12.8 Å². The highest BCUT2D eigenvalue weighted by Gasteiger charge is 2.18. The first-order valence-electron chi connectivity index (χ1n) is 6.16. The first-order valence-corrected chi connectivity index (χ1v) is 7.31. The Hall–Kier alpha value is -0.470. The maximum atomic E-state index is 6.32. The first-order chi connectivity index (χ1) is 7.77. The van der Waals surface area contributed by atoms with Crippen LogP contribution in [0.1, 0.15) is 36.4 Å². The van der Waals surface area contributed by atoms with Gasteiger partial charge in [0.2, 0.25) is 0 Å². The molecule has 0 radical (unpaired) electrons. The van der Waals surface area contributed by atoms with Gasteiger partial charge >= 0.3 is 0 Å². The molecule has 1 aromatic carbocycles. The minimum absolute atomic E-state index is 0.231. The Morgan fingerprint density at radius 3 is 2.69 bits per heavy atom. The monoisotopic (exact) mass is 235 g/mol. The fraction of sp³-hybridized carbons (Fsp3) is 0.571. The van der Waals surface area contributed by atoms with E-state index >= 15 is 0 Å². The third-order valence-electron chi connectivity index (χ3n) is 3.52. The number of aryl methyl sites for hydroxylation is 1. The zero-order valence-corrected chi connectivity index (χ0v) is 10.8. The van der Waals surface area contributed by atoms with Crippen molar-refractivity contribution in [2.45, 2.75) is 32.2 Å². The highest BCUT2D eigenvalue weighted by molar-refractivity contribution is 7.99. The van der Waals surface area contributed by atoms with E-state index in [-0.39, 0.29) is 6.04 Å². The van der Waals surface area contributed by atoms with Crippen molar-refractivity contribution in [2.75, 3.05) is 11.5 Å². The third kappa shape index (κ3) is 3.02. The molecule has 1 fully saturated rings. The van der Waals surface area contributed by atoms with E-state index < -0.39 is 0 Å². The van der Waals surface area contributed by atoms with Crippen molar-refractivity contribution < 1.29 is 0 Å². The predicted octanol–water partition coefficient (Wildman–Crippen LogP) is 3.53. The standard InChI is InChI=1S/C14H21NS/c1-11-4-2-3-5-13(11)14(15)10-12-6-8-16-9-7-12/h2-5,12,14H,6-10,15H2,1H3. The van der Waals surface area contributed by atoms with Gasteiger partial charge < -0.3 is 5.73 Å². The van der Waals surface area contributed by atoms with E-state index in [4.69, 9.17) is 5.73 Å². The number of rotatable bonds is 3. The second-order valence-corrected chi connectivity index (χ2v) is 5.98. The van der Waals surface area contributed by atoms with Gasteiger partial charge in [0.05, 0.1) is 0 Å². The summed E-state index contributed by atoms with van der Waals surface area (Å²) >= 11 is 2.08. The Morgan fingerprint density at radius 1 is 1.31 bits per heavy atom. The Kier molecular flexibility index (Phi) is 4.30. The molecular formula is C14H21NS. The van der Waals surface area contributed by atoms with Crippen LogP contribution < -0.4 is 5.73 Å². The summed E-state index contributed by atoms with van der Waals surface area (Å²) in [6.45, 7) is 2.16. The predicted molar refractivity (Wildman–Crippen MR) is 72.8 cm³/mol. The SMILES string of the molecule is Cc1ccccc1C(N)CC1CCSCC1. The molecule has 0 aliphatic carbocycles. The van der Waals surface area contributed by atoms with Gasteiger partial charge in [0.15, 0.2) is 0 Å². The Labute approximate surface area is 103 Å². The van der Waals surface area contributed by atoms with Gasteiger partial charge in [0.25, 0.3) is 0 Å².